The highest BCUT2D eigenvalue weighted by molar-refractivity contribution is 7.89. The van der Waals surface area contributed by atoms with Crippen LogP contribution in [0, 0.1) is 5.92 Å². The van der Waals surface area contributed by atoms with Crippen LogP contribution in [-0.4, -0.2) is 41.6 Å². The number of sulfonamides is 1. The minimum absolute atomic E-state index is 0. The Morgan fingerprint density at radius 3 is 2.50 bits per heavy atom. The van der Waals surface area contributed by atoms with Gasteiger partial charge in [-0.2, -0.15) is 0 Å². The van der Waals surface area contributed by atoms with E-state index in [9.17, 15) is 13.2 Å². The second kappa shape index (κ2) is 9.32. The van der Waals surface area contributed by atoms with E-state index in [4.69, 9.17) is 11.6 Å². The number of hydrogen-bond donors (Lipinski definition) is 2. The summed E-state index contributed by atoms with van der Waals surface area (Å²) >= 11 is 5.92. The van der Waals surface area contributed by atoms with Gasteiger partial charge in [-0.15, -0.1) is 12.4 Å². The van der Waals surface area contributed by atoms with Crippen molar-refractivity contribution in [1.29, 1.82) is 0 Å². The van der Waals surface area contributed by atoms with Gasteiger partial charge < -0.3 is 10.1 Å². The lowest BCUT2D eigenvalue weighted by molar-refractivity contribution is 0.0601. The lowest BCUT2D eigenvalue weighted by Gasteiger charge is -2.13. The van der Waals surface area contributed by atoms with E-state index in [1.165, 1.54) is 25.3 Å². The van der Waals surface area contributed by atoms with E-state index < -0.39 is 16.0 Å². The number of methoxy groups -OCH3 is 1. The van der Waals surface area contributed by atoms with Crippen molar-refractivity contribution < 1.29 is 17.9 Å². The molecule has 1 atom stereocenters. The number of benzene rings is 1. The van der Waals surface area contributed by atoms with E-state index in [1.54, 1.807) is 7.05 Å². The topological polar surface area (TPSA) is 84.5 Å². The minimum Gasteiger partial charge on any atom is -0.465 e. The average Bonchev–Trinajstić information content (AvgIpc) is 2.44. The van der Waals surface area contributed by atoms with Crippen LogP contribution in [-0.2, 0) is 14.8 Å². The zero-order valence-electron chi connectivity index (χ0n) is 12.6. The fourth-order valence-corrected chi connectivity index (χ4v) is 3.21. The van der Waals surface area contributed by atoms with Gasteiger partial charge in [0.05, 0.1) is 22.6 Å². The van der Waals surface area contributed by atoms with Crippen molar-refractivity contribution in [3.8, 4) is 0 Å². The van der Waals surface area contributed by atoms with Crippen LogP contribution < -0.4 is 10.0 Å². The molecule has 0 amide bonds. The largest absolute Gasteiger partial charge is 0.465 e. The van der Waals surface area contributed by atoms with Gasteiger partial charge in [-0.3, -0.25) is 0 Å². The molecule has 0 aromatic heterocycles. The molecular formula is C13H20Cl2N2O4S. The van der Waals surface area contributed by atoms with Crippen molar-refractivity contribution in [2.24, 2.45) is 5.92 Å². The number of hydrogen-bond acceptors (Lipinski definition) is 5. The monoisotopic (exact) mass is 370 g/mol. The molecule has 0 saturated carbocycles. The summed E-state index contributed by atoms with van der Waals surface area (Å²) in [7, 11) is -0.628. The van der Waals surface area contributed by atoms with E-state index in [2.05, 4.69) is 14.8 Å². The predicted molar refractivity (Wildman–Crippen MR) is 88.3 cm³/mol. The van der Waals surface area contributed by atoms with Gasteiger partial charge in [-0.25, -0.2) is 17.9 Å². The van der Waals surface area contributed by atoms with Crippen molar-refractivity contribution in [3.63, 3.8) is 0 Å². The Morgan fingerprint density at radius 1 is 1.36 bits per heavy atom. The molecule has 0 saturated heterocycles. The van der Waals surface area contributed by atoms with E-state index in [1.807, 2.05) is 6.92 Å². The summed E-state index contributed by atoms with van der Waals surface area (Å²) in [6.07, 6.45) is 0. The summed E-state index contributed by atoms with van der Waals surface area (Å²) in [5.74, 6) is -0.464. The summed E-state index contributed by atoms with van der Waals surface area (Å²) in [6.45, 7) is 2.93. The molecule has 2 N–H and O–H groups in total. The maximum atomic E-state index is 12.1. The molecule has 126 valence electrons. The molecule has 0 aliphatic carbocycles. The molecule has 6 nitrogen and oxygen atoms in total. The zero-order chi connectivity index (χ0) is 16.0. The van der Waals surface area contributed by atoms with Crippen LogP contribution in [0.25, 0.3) is 0 Å². The highest BCUT2D eigenvalue weighted by Crippen LogP contribution is 2.21. The summed E-state index contributed by atoms with van der Waals surface area (Å²) in [5, 5.41) is 3.01. The minimum atomic E-state index is -3.66. The summed E-state index contributed by atoms with van der Waals surface area (Å²) in [6, 6.07) is 3.89. The van der Waals surface area contributed by atoms with Crippen LogP contribution in [0.2, 0.25) is 5.02 Å². The number of carbonyl (C=O) groups is 1. The van der Waals surface area contributed by atoms with Gasteiger partial charge in [-0.1, -0.05) is 18.5 Å². The molecule has 22 heavy (non-hydrogen) atoms. The fraction of sp³-hybridized carbons (Fsp3) is 0.462. The van der Waals surface area contributed by atoms with Crippen molar-refractivity contribution >= 4 is 40.0 Å². The first kappa shape index (κ1) is 21.1. The second-order valence-corrected chi connectivity index (χ2v) is 6.82. The van der Waals surface area contributed by atoms with E-state index in [0.717, 1.165) is 0 Å². The van der Waals surface area contributed by atoms with Crippen molar-refractivity contribution in [2.45, 2.75) is 11.8 Å². The van der Waals surface area contributed by atoms with Crippen molar-refractivity contribution in [1.82, 2.24) is 10.0 Å². The van der Waals surface area contributed by atoms with Crippen LogP contribution in [0.3, 0.4) is 0 Å². The second-order valence-electron chi connectivity index (χ2n) is 4.65. The number of ether oxygens (including phenoxy) is 1. The van der Waals surface area contributed by atoms with E-state index in [0.29, 0.717) is 13.1 Å². The Kier molecular flexibility index (Phi) is 8.95. The Balaban J connectivity index is 0.00000441. The van der Waals surface area contributed by atoms with Crippen molar-refractivity contribution in [3.05, 3.63) is 28.8 Å². The van der Waals surface area contributed by atoms with E-state index >= 15 is 0 Å². The molecule has 1 rings (SSSR count). The molecule has 0 aliphatic rings. The average molecular weight is 371 g/mol. The smallest absolute Gasteiger partial charge is 0.339 e. The zero-order valence-corrected chi connectivity index (χ0v) is 14.9. The predicted octanol–water partition coefficient (Wildman–Crippen LogP) is 1.68. The number of carbonyl (C=O) groups excluding carboxylic acids is 1. The van der Waals surface area contributed by atoms with Gasteiger partial charge in [0.2, 0.25) is 10.0 Å². The Labute approximate surface area is 142 Å². The van der Waals surface area contributed by atoms with Gasteiger partial charge >= 0.3 is 5.97 Å². The van der Waals surface area contributed by atoms with Gasteiger partial charge in [0.1, 0.15) is 0 Å². The van der Waals surface area contributed by atoms with Gasteiger partial charge in [0, 0.05) is 6.54 Å². The van der Waals surface area contributed by atoms with Gasteiger partial charge in [-0.05, 0) is 37.7 Å². The first-order valence-electron chi connectivity index (χ1n) is 6.34. The maximum Gasteiger partial charge on any atom is 0.339 e. The number of rotatable bonds is 7. The molecule has 1 aromatic rings. The molecule has 0 aliphatic heterocycles. The third kappa shape index (κ3) is 5.73. The molecule has 0 spiro atoms. The third-order valence-corrected chi connectivity index (χ3v) is 4.56. The van der Waals surface area contributed by atoms with E-state index in [-0.39, 0.29) is 33.8 Å². The van der Waals surface area contributed by atoms with Crippen LogP contribution >= 0.6 is 24.0 Å². The number of esters is 1. The van der Waals surface area contributed by atoms with Gasteiger partial charge in [0.15, 0.2) is 0 Å². The molecule has 0 heterocycles. The lowest BCUT2D eigenvalue weighted by atomic mass is 10.2. The standard InChI is InChI=1S/C13H19ClN2O4S.ClH/c1-9(7-15-2)8-16-21(18,19)10-4-5-11(12(14)6-10)13(17)20-3;/h4-6,9,15-16H,7-8H2,1-3H3;1H. The maximum absolute atomic E-state index is 12.1. The molecule has 0 fully saturated rings. The molecule has 1 aromatic carbocycles. The fourth-order valence-electron chi connectivity index (χ4n) is 1.69. The normalized spacial score (nSPS) is 12.4. The molecular weight excluding hydrogens is 351 g/mol. The highest BCUT2D eigenvalue weighted by atomic mass is 35.5. The summed E-state index contributed by atoms with van der Waals surface area (Å²) < 4.78 is 31.3. The SMILES string of the molecule is CNCC(C)CNS(=O)(=O)c1ccc(C(=O)OC)c(Cl)c1.Cl. The highest BCUT2D eigenvalue weighted by Gasteiger charge is 2.18. The van der Waals surface area contributed by atoms with Crippen LogP contribution in [0.15, 0.2) is 23.1 Å². The van der Waals surface area contributed by atoms with Gasteiger partial charge in [0.25, 0.3) is 0 Å². The molecule has 9 heteroatoms. The third-order valence-electron chi connectivity index (χ3n) is 2.83. The van der Waals surface area contributed by atoms with Crippen molar-refractivity contribution in [2.75, 3.05) is 27.2 Å². The summed E-state index contributed by atoms with van der Waals surface area (Å²) in [4.78, 5) is 11.4. The Hall–Kier alpha value is -0.860. The number of halogens is 2. The van der Waals surface area contributed by atoms with Crippen LogP contribution in [0.4, 0.5) is 0 Å². The molecule has 0 bridgehead atoms. The Bertz CT molecular complexity index is 608. The molecule has 0 radical (unpaired) electrons. The van der Waals surface area contributed by atoms with Crippen LogP contribution in [0.1, 0.15) is 17.3 Å². The lowest BCUT2D eigenvalue weighted by Crippen LogP contribution is -2.32. The summed E-state index contributed by atoms with van der Waals surface area (Å²) in [5.41, 5.74) is 0.127. The molecule has 1 unspecified atom stereocenters. The quantitative estimate of drug-likeness (QED) is 0.713. The first-order valence-corrected chi connectivity index (χ1v) is 8.20. The Morgan fingerprint density at radius 2 is 2.00 bits per heavy atom. The van der Waals surface area contributed by atoms with Crippen LogP contribution in [0.5, 0.6) is 0 Å². The number of nitrogens with one attached hydrogen (secondary N) is 2. The first-order chi connectivity index (χ1) is 9.81.